The molecule has 0 spiro atoms. The van der Waals surface area contributed by atoms with Crippen LogP contribution in [0.3, 0.4) is 0 Å². The maximum atomic E-state index is 5.75. The highest BCUT2D eigenvalue weighted by Gasteiger charge is 2.04. The molecule has 0 aliphatic carbocycles. The minimum absolute atomic E-state index is 0.563. The third-order valence-electron chi connectivity index (χ3n) is 1.62. The summed E-state index contributed by atoms with van der Waals surface area (Å²) < 4.78 is 5.40. The Bertz CT molecular complexity index is 76.0. The molecule has 1 atom stereocenters. The van der Waals surface area contributed by atoms with Crippen LogP contribution in [0.1, 0.15) is 33.1 Å². The number of alkyl halides is 1. The van der Waals surface area contributed by atoms with E-state index in [1.807, 2.05) is 0 Å². The Labute approximate surface area is 75.1 Å². The summed E-state index contributed by atoms with van der Waals surface area (Å²) in [5.41, 5.74) is 0. The van der Waals surface area contributed by atoms with Crippen LogP contribution >= 0.6 is 11.6 Å². The molecule has 2 heteroatoms. The topological polar surface area (TPSA) is 9.23 Å². The Morgan fingerprint density at radius 2 is 2.00 bits per heavy atom. The molecule has 0 radical (unpaired) electrons. The first-order valence-corrected chi connectivity index (χ1v) is 5.02. The molecule has 1 nitrogen and oxygen atoms in total. The number of hydrogen-bond acceptors (Lipinski definition) is 1. The SMILES string of the molecule is CCCOCC(CCl)CCC. The Kier molecular flexibility index (Phi) is 8.54. The van der Waals surface area contributed by atoms with E-state index in [0.29, 0.717) is 5.92 Å². The second-order valence-electron chi connectivity index (χ2n) is 2.88. The van der Waals surface area contributed by atoms with Gasteiger partial charge >= 0.3 is 0 Å². The van der Waals surface area contributed by atoms with Crippen LogP contribution in [0.25, 0.3) is 0 Å². The van der Waals surface area contributed by atoms with Gasteiger partial charge in [0.15, 0.2) is 0 Å². The molecular weight excluding hydrogens is 160 g/mol. The van der Waals surface area contributed by atoms with Gasteiger partial charge in [0.2, 0.25) is 0 Å². The van der Waals surface area contributed by atoms with E-state index in [-0.39, 0.29) is 0 Å². The number of rotatable bonds is 7. The quantitative estimate of drug-likeness (QED) is 0.430. The third-order valence-corrected chi connectivity index (χ3v) is 2.05. The molecule has 0 saturated carbocycles. The molecule has 0 aromatic carbocycles. The van der Waals surface area contributed by atoms with Crippen molar-refractivity contribution in [2.75, 3.05) is 19.1 Å². The summed E-state index contributed by atoms with van der Waals surface area (Å²) in [4.78, 5) is 0. The van der Waals surface area contributed by atoms with Crippen molar-refractivity contribution < 1.29 is 4.74 Å². The van der Waals surface area contributed by atoms with Crippen LogP contribution in [-0.2, 0) is 4.74 Å². The molecule has 0 rings (SSSR count). The Morgan fingerprint density at radius 3 is 2.45 bits per heavy atom. The molecule has 0 saturated heterocycles. The second-order valence-corrected chi connectivity index (χ2v) is 3.19. The molecule has 0 aliphatic heterocycles. The van der Waals surface area contributed by atoms with Crippen molar-refractivity contribution in [3.05, 3.63) is 0 Å². The van der Waals surface area contributed by atoms with E-state index in [1.165, 1.54) is 12.8 Å². The lowest BCUT2D eigenvalue weighted by atomic mass is 10.1. The van der Waals surface area contributed by atoms with Gasteiger partial charge in [-0.1, -0.05) is 20.3 Å². The first kappa shape index (κ1) is 11.2. The molecule has 11 heavy (non-hydrogen) atoms. The highest BCUT2D eigenvalue weighted by atomic mass is 35.5. The maximum absolute atomic E-state index is 5.75. The van der Waals surface area contributed by atoms with Gasteiger partial charge in [0.05, 0.1) is 6.61 Å². The summed E-state index contributed by atoms with van der Waals surface area (Å²) >= 11 is 5.75. The first-order chi connectivity index (χ1) is 5.35. The number of hydrogen-bond donors (Lipinski definition) is 0. The van der Waals surface area contributed by atoms with E-state index < -0.39 is 0 Å². The minimum Gasteiger partial charge on any atom is -0.381 e. The fourth-order valence-electron chi connectivity index (χ4n) is 1.01. The van der Waals surface area contributed by atoms with E-state index in [4.69, 9.17) is 16.3 Å². The average Bonchev–Trinajstić information content (AvgIpc) is 2.03. The van der Waals surface area contributed by atoms with Crippen molar-refractivity contribution in [1.82, 2.24) is 0 Å². The fraction of sp³-hybridized carbons (Fsp3) is 1.00. The molecule has 0 aromatic heterocycles. The number of ether oxygens (including phenoxy) is 1. The smallest absolute Gasteiger partial charge is 0.0505 e. The van der Waals surface area contributed by atoms with Gasteiger partial charge < -0.3 is 4.74 Å². The lowest BCUT2D eigenvalue weighted by Crippen LogP contribution is -2.11. The van der Waals surface area contributed by atoms with Crippen LogP contribution < -0.4 is 0 Å². The standard InChI is InChI=1S/C9H19ClO/c1-3-5-9(7-10)8-11-6-4-2/h9H,3-8H2,1-2H3. The highest BCUT2D eigenvalue weighted by molar-refractivity contribution is 6.18. The van der Waals surface area contributed by atoms with Crippen LogP contribution in [-0.4, -0.2) is 19.1 Å². The fourth-order valence-corrected chi connectivity index (χ4v) is 1.25. The minimum atomic E-state index is 0.563. The Balaban J connectivity index is 3.20. The molecule has 0 N–H and O–H groups in total. The molecule has 0 aromatic rings. The van der Waals surface area contributed by atoms with Crippen molar-refractivity contribution in [2.45, 2.75) is 33.1 Å². The second kappa shape index (κ2) is 8.35. The van der Waals surface area contributed by atoms with E-state index >= 15 is 0 Å². The van der Waals surface area contributed by atoms with Crippen molar-refractivity contribution in [1.29, 1.82) is 0 Å². The molecule has 1 unspecified atom stereocenters. The predicted molar refractivity (Wildman–Crippen MR) is 50.2 cm³/mol. The largest absolute Gasteiger partial charge is 0.381 e. The van der Waals surface area contributed by atoms with E-state index in [2.05, 4.69) is 13.8 Å². The highest BCUT2D eigenvalue weighted by Crippen LogP contribution is 2.08. The van der Waals surface area contributed by atoms with Gasteiger partial charge in [-0.05, 0) is 18.8 Å². The molecule has 0 bridgehead atoms. The zero-order valence-corrected chi connectivity index (χ0v) is 8.36. The third kappa shape index (κ3) is 6.64. The van der Waals surface area contributed by atoms with Gasteiger partial charge in [0.1, 0.15) is 0 Å². The monoisotopic (exact) mass is 178 g/mol. The van der Waals surface area contributed by atoms with Crippen LogP contribution in [0, 0.1) is 5.92 Å². The van der Waals surface area contributed by atoms with Gasteiger partial charge in [-0.25, -0.2) is 0 Å². The zero-order valence-electron chi connectivity index (χ0n) is 7.61. The summed E-state index contributed by atoms with van der Waals surface area (Å²) in [6.45, 7) is 6.01. The Morgan fingerprint density at radius 1 is 1.27 bits per heavy atom. The van der Waals surface area contributed by atoms with Crippen molar-refractivity contribution in [2.24, 2.45) is 5.92 Å². The summed E-state index contributed by atoms with van der Waals surface area (Å²) in [5, 5.41) is 0. The van der Waals surface area contributed by atoms with Crippen LogP contribution in [0.5, 0.6) is 0 Å². The molecule has 0 heterocycles. The normalized spacial score (nSPS) is 13.4. The van der Waals surface area contributed by atoms with Gasteiger partial charge in [0.25, 0.3) is 0 Å². The summed E-state index contributed by atoms with van der Waals surface area (Å²) in [5.74, 6) is 1.30. The molecule has 0 aliphatic rings. The summed E-state index contributed by atoms with van der Waals surface area (Å²) in [6.07, 6.45) is 3.49. The van der Waals surface area contributed by atoms with Crippen LogP contribution in [0.15, 0.2) is 0 Å². The van der Waals surface area contributed by atoms with Gasteiger partial charge in [-0.15, -0.1) is 11.6 Å². The summed E-state index contributed by atoms with van der Waals surface area (Å²) in [6, 6.07) is 0. The van der Waals surface area contributed by atoms with Crippen molar-refractivity contribution >= 4 is 11.6 Å². The predicted octanol–water partition coefficient (Wildman–Crippen LogP) is 3.07. The van der Waals surface area contributed by atoms with Gasteiger partial charge in [-0.2, -0.15) is 0 Å². The lowest BCUT2D eigenvalue weighted by molar-refractivity contribution is 0.103. The maximum Gasteiger partial charge on any atom is 0.0505 e. The molecular formula is C9H19ClO. The van der Waals surface area contributed by atoms with Crippen LogP contribution in [0.2, 0.25) is 0 Å². The molecule has 68 valence electrons. The van der Waals surface area contributed by atoms with Crippen molar-refractivity contribution in [3.8, 4) is 0 Å². The Hall–Kier alpha value is 0.250. The lowest BCUT2D eigenvalue weighted by Gasteiger charge is -2.11. The van der Waals surface area contributed by atoms with Crippen LogP contribution in [0.4, 0.5) is 0 Å². The van der Waals surface area contributed by atoms with Gasteiger partial charge in [-0.3, -0.25) is 0 Å². The van der Waals surface area contributed by atoms with E-state index in [0.717, 1.165) is 25.5 Å². The number of halogens is 1. The first-order valence-electron chi connectivity index (χ1n) is 4.48. The van der Waals surface area contributed by atoms with E-state index in [9.17, 15) is 0 Å². The molecule has 0 amide bonds. The van der Waals surface area contributed by atoms with E-state index in [1.54, 1.807) is 0 Å². The van der Waals surface area contributed by atoms with Gasteiger partial charge in [0, 0.05) is 12.5 Å². The van der Waals surface area contributed by atoms with Crippen molar-refractivity contribution in [3.63, 3.8) is 0 Å². The average molecular weight is 179 g/mol. The molecule has 0 fully saturated rings. The zero-order chi connectivity index (χ0) is 8.53. The summed E-state index contributed by atoms with van der Waals surface area (Å²) in [7, 11) is 0.